The molecule has 0 amide bonds. The Kier molecular flexibility index (Phi) is 23.8. The maximum atomic E-state index is 4.96. The molecule has 0 aromatic rings. The van der Waals surface area contributed by atoms with Gasteiger partial charge in [-0.3, -0.25) is 0 Å². The van der Waals surface area contributed by atoms with Crippen LogP contribution in [0.4, 0.5) is 0 Å². The highest BCUT2D eigenvalue weighted by atomic mass is 32.1. The van der Waals surface area contributed by atoms with Gasteiger partial charge >= 0.3 is 0 Å². The van der Waals surface area contributed by atoms with Crippen LogP contribution in [-0.4, -0.2) is 4.75 Å². The summed E-state index contributed by atoms with van der Waals surface area (Å²) >= 11 is 4.96. The third kappa shape index (κ3) is 23.3. The zero-order chi connectivity index (χ0) is 23.0. The van der Waals surface area contributed by atoms with E-state index in [1.54, 1.807) is 0 Å². The molecule has 0 saturated heterocycles. The van der Waals surface area contributed by atoms with Crippen molar-refractivity contribution < 1.29 is 0 Å². The van der Waals surface area contributed by atoms with Crippen molar-refractivity contribution >= 4 is 12.6 Å². The van der Waals surface area contributed by atoms with E-state index in [9.17, 15) is 0 Å². The molecule has 0 radical (unpaired) electrons. The molecular formula is C30H62S. The first kappa shape index (κ1) is 31.4. The molecule has 0 N–H and O–H groups in total. The fourth-order valence-corrected chi connectivity index (χ4v) is 5.22. The van der Waals surface area contributed by atoms with Crippen LogP contribution in [0.3, 0.4) is 0 Å². The molecule has 1 heteroatoms. The maximum absolute atomic E-state index is 4.96. The standard InChI is InChI=1S/C30H62S/c1-5-7-9-11-13-15-17-18-20-22-24-26-28-29(30(3,4)31)27-25-23-21-19-16-14-12-10-8-6-2/h29,31H,5-28H2,1-4H3. The van der Waals surface area contributed by atoms with E-state index in [0.717, 1.165) is 5.92 Å². The third-order valence-electron chi connectivity index (χ3n) is 7.31. The Labute approximate surface area is 204 Å². The zero-order valence-corrected chi connectivity index (χ0v) is 23.4. The number of hydrogen-bond donors (Lipinski definition) is 1. The van der Waals surface area contributed by atoms with Crippen LogP contribution in [0.5, 0.6) is 0 Å². The molecular weight excluding hydrogens is 392 g/mol. The minimum atomic E-state index is 0.192. The lowest BCUT2D eigenvalue weighted by molar-refractivity contribution is 0.342. The van der Waals surface area contributed by atoms with E-state index in [1.165, 1.54) is 154 Å². The molecule has 188 valence electrons. The molecule has 0 aliphatic rings. The fraction of sp³-hybridized carbons (Fsp3) is 1.00. The van der Waals surface area contributed by atoms with Crippen LogP contribution >= 0.6 is 12.6 Å². The van der Waals surface area contributed by atoms with Crippen molar-refractivity contribution in [2.75, 3.05) is 0 Å². The molecule has 0 saturated carbocycles. The molecule has 0 bridgehead atoms. The fourth-order valence-electron chi connectivity index (χ4n) is 4.96. The van der Waals surface area contributed by atoms with Gasteiger partial charge in [-0.15, -0.1) is 0 Å². The molecule has 0 spiro atoms. The van der Waals surface area contributed by atoms with Crippen molar-refractivity contribution in [3.8, 4) is 0 Å². The van der Waals surface area contributed by atoms with Gasteiger partial charge in [0.15, 0.2) is 0 Å². The molecule has 0 heterocycles. The molecule has 0 fully saturated rings. The topological polar surface area (TPSA) is 0 Å². The largest absolute Gasteiger partial charge is 0.173 e. The summed E-state index contributed by atoms with van der Waals surface area (Å²) in [5, 5.41) is 0. The quantitative estimate of drug-likeness (QED) is 0.103. The molecule has 0 aliphatic carbocycles. The van der Waals surface area contributed by atoms with Gasteiger partial charge in [-0.2, -0.15) is 12.6 Å². The van der Waals surface area contributed by atoms with Gasteiger partial charge < -0.3 is 0 Å². The first-order chi connectivity index (χ1) is 15.0. The Morgan fingerprint density at radius 3 is 0.871 bits per heavy atom. The highest BCUT2D eigenvalue weighted by molar-refractivity contribution is 7.81. The molecule has 1 unspecified atom stereocenters. The van der Waals surface area contributed by atoms with Crippen molar-refractivity contribution in [3.05, 3.63) is 0 Å². The Balaban J connectivity index is 3.58. The van der Waals surface area contributed by atoms with Gasteiger partial charge in [0.05, 0.1) is 0 Å². The highest BCUT2D eigenvalue weighted by Gasteiger charge is 2.24. The third-order valence-corrected chi connectivity index (χ3v) is 7.68. The summed E-state index contributed by atoms with van der Waals surface area (Å²) in [7, 11) is 0. The second-order valence-corrected chi connectivity index (χ2v) is 12.2. The summed E-state index contributed by atoms with van der Waals surface area (Å²) in [6.07, 6.45) is 34.6. The van der Waals surface area contributed by atoms with Gasteiger partial charge in [0.2, 0.25) is 0 Å². The second-order valence-electron chi connectivity index (χ2n) is 11.0. The number of hydrogen-bond acceptors (Lipinski definition) is 1. The monoisotopic (exact) mass is 454 g/mol. The first-order valence-corrected chi connectivity index (χ1v) is 15.2. The van der Waals surface area contributed by atoms with E-state index >= 15 is 0 Å². The van der Waals surface area contributed by atoms with Gasteiger partial charge in [-0.1, -0.05) is 169 Å². The Hall–Kier alpha value is 0.350. The van der Waals surface area contributed by atoms with Crippen molar-refractivity contribution in [3.63, 3.8) is 0 Å². The smallest absolute Gasteiger partial charge is 0.0101 e. The second kappa shape index (κ2) is 23.5. The van der Waals surface area contributed by atoms with Crippen LogP contribution in [0, 0.1) is 5.92 Å². The Bertz CT molecular complexity index is 330. The van der Waals surface area contributed by atoms with E-state index in [-0.39, 0.29) is 4.75 Å². The van der Waals surface area contributed by atoms with E-state index in [1.807, 2.05) is 0 Å². The van der Waals surface area contributed by atoms with E-state index in [0.29, 0.717) is 0 Å². The molecule has 0 aromatic carbocycles. The number of thiol groups is 1. The molecule has 0 nitrogen and oxygen atoms in total. The number of unbranched alkanes of at least 4 members (excludes halogenated alkanes) is 20. The minimum absolute atomic E-state index is 0.192. The van der Waals surface area contributed by atoms with Gasteiger partial charge in [-0.25, -0.2) is 0 Å². The van der Waals surface area contributed by atoms with Crippen molar-refractivity contribution in [1.82, 2.24) is 0 Å². The SMILES string of the molecule is CCCCCCCCCCCCCCC(CCCCCCCCCCCC)C(C)(C)S. The predicted octanol–water partition coefficient (Wildman–Crippen LogP) is 11.7. The van der Waals surface area contributed by atoms with Crippen LogP contribution in [0.15, 0.2) is 0 Å². The van der Waals surface area contributed by atoms with Crippen LogP contribution in [0.1, 0.15) is 182 Å². The number of rotatable bonds is 25. The molecule has 0 aromatic heterocycles. The summed E-state index contributed by atoms with van der Waals surface area (Å²) in [6.45, 7) is 9.30. The predicted molar refractivity (Wildman–Crippen MR) is 149 cm³/mol. The Morgan fingerprint density at radius 2 is 0.645 bits per heavy atom. The van der Waals surface area contributed by atoms with E-state index in [4.69, 9.17) is 12.6 Å². The summed E-state index contributed by atoms with van der Waals surface area (Å²) in [5.74, 6) is 0.799. The highest BCUT2D eigenvalue weighted by Crippen LogP contribution is 2.33. The van der Waals surface area contributed by atoms with Gasteiger partial charge in [0.25, 0.3) is 0 Å². The van der Waals surface area contributed by atoms with Crippen LogP contribution in [0.25, 0.3) is 0 Å². The zero-order valence-electron chi connectivity index (χ0n) is 22.5. The van der Waals surface area contributed by atoms with Gasteiger partial charge in [0, 0.05) is 4.75 Å². The summed E-state index contributed by atoms with van der Waals surface area (Å²) < 4.78 is 0.192. The van der Waals surface area contributed by atoms with Gasteiger partial charge in [0.1, 0.15) is 0 Å². The Morgan fingerprint density at radius 1 is 0.419 bits per heavy atom. The summed E-state index contributed by atoms with van der Waals surface area (Å²) in [6, 6.07) is 0. The normalized spacial score (nSPS) is 13.1. The average molecular weight is 455 g/mol. The average Bonchev–Trinajstić information content (AvgIpc) is 2.73. The van der Waals surface area contributed by atoms with Crippen molar-refractivity contribution in [2.45, 2.75) is 187 Å². The lowest BCUT2D eigenvalue weighted by Gasteiger charge is -2.30. The molecule has 0 rings (SSSR count). The first-order valence-electron chi connectivity index (χ1n) is 14.7. The summed E-state index contributed by atoms with van der Waals surface area (Å²) in [5.41, 5.74) is 0. The van der Waals surface area contributed by atoms with Crippen LogP contribution in [0.2, 0.25) is 0 Å². The van der Waals surface area contributed by atoms with Crippen molar-refractivity contribution in [1.29, 1.82) is 0 Å². The van der Waals surface area contributed by atoms with Crippen molar-refractivity contribution in [2.24, 2.45) is 5.92 Å². The lowest BCUT2D eigenvalue weighted by atomic mass is 9.85. The summed E-state index contributed by atoms with van der Waals surface area (Å²) in [4.78, 5) is 0. The van der Waals surface area contributed by atoms with E-state index < -0.39 is 0 Å². The van der Waals surface area contributed by atoms with E-state index in [2.05, 4.69) is 27.7 Å². The minimum Gasteiger partial charge on any atom is -0.173 e. The van der Waals surface area contributed by atoms with Gasteiger partial charge in [-0.05, 0) is 18.8 Å². The van der Waals surface area contributed by atoms with Crippen LogP contribution < -0.4 is 0 Å². The maximum Gasteiger partial charge on any atom is 0.0101 e. The molecule has 31 heavy (non-hydrogen) atoms. The molecule has 1 atom stereocenters. The van der Waals surface area contributed by atoms with Crippen LogP contribution in [-0.2, 0) is 0 Å². The lowest BCUT2D eigenvalue weighted by Crippen LogP contribution is -2.24. The molecule has 0 aliphatic heterocycles.